The van der Waals surface area contributed by atoms with Gasteiger partial charge in [0.1, 0.15) is 17.3 Å². The normalized spacial score (nSPS) is 16.4. The van der Waals surface area contributed by atoms with E-state index in [-0.39, 0.29) is 17.6 Å². The predicted octanol–water partition coefficient (Wildman–Crippen LogP) is 1.24. The van der Waals surface area contributed by atoms with Crippen molar-refractivity contribution in [2.75, 3.05) is 27.7 Å². The Morgan fingerprint density at radius 2 is 2.10 bits per heavy atom. The number of hydrogen-bond acceptors (Lipinski definition) is 5. The number of ether oxygens (including phenoxy) is 1. The van der Waals surface area contributed by atoms with Crippen LogP contribution < -0.4 is 15.7 Å². The molecule has 0 radical (unpaired) electrons. The van der Waals surface area contributed by atoms with Crippen LogP contribution in [-0.2, 0) is 26.6 Å². The van der Waals surface area contributed by atoms with Gasteiger partial charge in [0.05, 0.1) is 13.7 Å². The third kappa shape index (κ3) is 4.23. The van der Waals surface area contributed by atoms with Crippen LogP contribution in [0.2, 0.25) is 0 Å². The molecular formula is C22H30N6O3. The van der Waals surface area contributed by atoms with Gasteiger partial charge >= 0.3 is 5.69 Å². The fraction of sp³-hybridized carbons (Fsp3) is 0.500. The molecule has 0 aliphatic carbocycles. The van der Waals surface area contributed by atoms with Crippen molar-refractivity contribution in [1.82, 2.24) is 29.1 Å². The molecular weight excluding hydrogens is 396 g/mol. The lowest BCUT2D eigenvalue weighted by Crippen LogP contribution is -2.36. The second kappa shape index (κ2) is 8.58. The molecule has 0 saturated carbocycles. The summed E-state index contributed by atoms with van der Waals surface area (Å²) in [5.41, 5.74) is 1.52. The largest absolute Gasteiger partial charge is 0.497 e. The average Bonchev–Trinajstić information content (AvgIpc) is 3.15. The van der Waals surface area contributed by atoms with Crippen molar-refractivity contribution in [3.05, 3.63) is 46.3 Å². The molecule has 0 fully saturated rings. The molecule has 2 aromatic heterocycles. The van der Waals surface area contributed by atoms with Gasteiger partial charge in [-0.2, -0.15) is 5.10 Å². The van der Waals surface area contributed by atoms with Crippen LogP contribution >= 0.6 is 0 Å². The topological polar surface area (TPSA) is 86.3 Å². The highest BCUT2D eigenvalue weighted by molar-refractivity contribution is 5.99. The van der Waals surface area contributed by atoms with Gasteiger partial charge in [-0.15, -0.1) is 0 Å². The lowest BCUT2D eigenvalue weighted by Gasteiger charge is -2.16. The van der Waals surface area contributed by atoms with Crippen LogP contribution in [-0.4, -0.2) is 63.5 Å². The van der Waals surface area contributed by atoms with E-state index < -0.39 is 0 Å². The van der Waals surface area contributed by atoms with Crippen LogP contribution in [0.15, 0.2) is 29.1 Å². The number of benzene rings is 1. The molecule has 4 rings (SSSR count). The molecule has 9 heteroatoms. The summed E-state index contributed by atoms with van der Waals surface area (Å²) >= 11 is 0. The molecule has 31 heavy (non-hydrogen) atoms. The Hall–Kier alpha value is -3.07. The molecule has 1 aliphatic heterocycles. The van der Waals surface area contributed by atoms with E-state index in [4.69, 9.17) is 4.74 Å². The van der Waals surface area contributed by atoms with Crippen LogP contribution in [0.25, 0.3) is 10.9 Å². The zero-order valence-electron chi connectivity index (χ0n) is 18.6. The van der Waals surface area contributed by atoms with Crippen molar-refractivity contribution >= 4 is 16.8 Å². The van der Waals surface area contributed by atoms with Crippen molar-refractivity contribution in [3.63, 3.8) is 0 Å². The monoisotopic (exact) mass is 426 g/mol. The Bertz CT molecular complexity index is 1160. The molecule has 1 aromatic carbocycles. The highest BCUT2D eigenvalue weighted by Gasteiger charge is 2.23. The molecule has 0 bridgehead atoms. The van der Waals surface area contributed by atoms with E-state index in [2.05, 4.69) is 10.4 Å². The first-order valence-corrected chi connectivity index (χ1v) is 10.6. The summed E-state index contributed by atoms with van der Waals surface area (Å²) in [6.07, 6.45) is 2.13. The summed E-state index contributed by atoms with van der Waals surface area (Å²) in [7, 11) is 7.48. The number of methoxy groups -OCH3 is 1. The SMILES string of the molecule is COc1ccc2c(c1)cc(C(=O)NC1CCc3nn(CCN(C)C)c(=O)n3CC1)n2C. The van der Waals surface area contributed by atoms with Gasteiger partial charge in [0.15, 0.2) is 0 Å². The maximum atomic E-state index is 13.0. The standard InChI is InChI=1S/C22H30N6O3/c1-25(2)11-12-28-22(30)27-10-9-16(5-8-20(27)24-28)23-21(29)19-14-15-13-17(31-4)6-7-18(15)26(19)3/h6-7,13-14,16H,5,8-12H2,1-4H3,(H,23,29). The molecule has 166 valence electrons. The lowest BCUT2D eigenvalue weighted by molar-refractivity contribution is 0.0925. The van der Waals surface area contributed by atoms with Crippen molar-refractivity contribution in [2.45, 2.75) is 38.4 Å². The fourth-order valence-corrected chi connectivity index (χ4v) is 4.14. The summed E-state index contributed by atoms with van der Waals surface area (Å²) in [5, 5.41) is 8.65. The van der Waals surface area contributed by atoms with E-state index in [0.717, 1.165) is 35.4 Å². The number of hydrogen-bond donors (Lipinski definition) is 1. The highest BCUT2D eigenvalue weighted by atomic mass is 16.5. The molecule has 1 aliphatic rings. The summed E-state index contributed by atoms with van der Waals surface area (Å²) < 4.78 is 10.5. The van der Waals surface area contributed by atoms with Gasteiger partial charge in [0.2, 0.25) is 0 Å². The van der Waals surface area contributed by atoms with Gasteiger partial charge in [-0.1, -0.05) is 0 Å². The van der Waals surface area contributed by atoms with Crippen LogP contribution in [0.1, 0.15) is 29.2 Å². The number of fused-ring (bicyclic) bond motifs is 2. The van der Waals surface area contributed by atoms with Crippen LogP contribution in [0.3, 0.4) is 0 Å². The number of carbonyl (C=O) groups excluding carboxylic acids is 1. The van der Waals surface area contributed by atoms with E-state index in [1.165, 1.54) is 0 Å². The summed E-state index contributed by atoms with van der Waals surface area (Å²) in [6.45, 7) is 1.91. The third-order valence-electron chi connectivity index (χ3n) is 5.99. The molecule has 1 amide bonds. The van der Waals surface area contributed by atoms with E-state index in [9.17, 15) is 9.59 Å². The Kier molecular flexibility index (Phi) is 5.86. The summed E-state index contributed by atoms with van der Waals surface area (Å²) in [6, 6.07) is 7.66. The summed E-state index contributed by atoms with van der Waals surface area (Å²) in [4.78, 5) is 27.7. The minimum atomic E-state index is -0.106. The van der Waals surface area contributed by atoms with Crippen molar-refractivity contribution in [1.29, 1.82) is 0 Å². The smallest absolute Gasteiger partial charge is 0.345 e. The van der Waals surface area contributed by atoms with Crippen LogP contribution in [0.5, 0.6) is 5.75 Å². The minimum Gasteiger partial charge on any atom is -0.497 e. The number of amides is 1. The van der Waals surface area contributed by atoms with Crippen LogP contribution in [0, 0.1) is 0 Å². The molecule has 1 N–H and O–H groups in total. The number of rotatable bonds is 6. The number of nitrogens with zero attached hydrogens (tertiary/aromatic N) is 5. The van der Waals surface area contributed by atoms with Crippen molar-refractivity contribution in [3.8, 4) is 5.75 Å². The molecule has 1 atom stereocenters. The number of carbonyl (C=O) groups is 1. The fourth-order valence-electron chi connectivity index (χ4n) is 4.14. The summed E-state index contributed by atoms with van der Waals surface area (Å²) in [5.74, 6) is 1.46. The quantitative estimate of drug-likeness (QED) is 0.641. The average molecular weight is 427 g/mol. The Labute approximate surface area is 181 Å². The first kappa shape index (κ1) is 21.2. The van der Waals surface area contributed by atoms with Crippen molar-refractivity contribution in [2.24, 2.45) is 7.05 Å². The highest BCUT2D eigenvalue weighted by Crippen LogP contribution is 2.24. The number of nitrogens with one attached hydrogen (secondary N) is 1. The second-order valence-electron chi connectivity index (χ2n) is 8.39. The van der Waals surface area contributed by atoms with Crippen LogP contribution in [0.4, 0.5) is 0 Å². The molecule has 3 aromatic rings. The van der Waals surface area contributed by atoms with Gasteiger partial charge in [-0.25, -0.2) is 9.48 Å². The maximum absolute atomic E-state index is 13.0. The van der Waals surface area contributed by atoms with E-state index in [1.54, 1.807) is 16.4 Å². The van der Waals surface area contributed by atoms with Gasteiger partial charge in [0.25, 0.3) is 5.91 Å². The molecule has 3 heterocycles. The lowest BCUT2D eigenvalue weighted by atomic mass is 10.1. The zero-order chi connectivity index (χ0) is 22.1. The van der Waals surface area contributed by atoms with E-state index in [1.807, 2.05) is 54.9 Å². The van der Waals surface area contributed by atoms with Crippen molar-refractivity contribution < 1.29 is 9.53 Å². The third-order valence-corrected chi connectivity index (χ3v) is 5.99. The zero-order valence-corrected chi connectivity index (χ0v) is 18.6. The van der Waals surface area contributed by atoms with Gasteiger partial charge in [-0.05, 0) is 51.2 Å². The maximum Gasteiger partial charge on any atom is 0.345 e. The first-order valence-electron chi connectivity index (χ1n) is 10.6. The number of aryl methyl sites for hydroxylation is 2. The minimum absolute atomic E-state index is 0.00336. The molecule has 0 saturated heterocycles. The first-order chi connectivity index (χ1) is 14.9. The van der Waals surface area contributed by atoms with E-state index in [0.29, 0.717) is 31.6 Å². The van der Waals surface area contributed by atoms with Gasteiger partial charge in [0, 0.05) is 43.5 Å². The van der Waals surface area contributed by atoms with Gasteiger partial charge in [-0.3, -0.25) is 9.36 Å². The molecule has 0 spiro atoms. The number of likely N-dealkylation sites (N-methyl/N-ethyl adjacent to an activating group) is 1. The Morgan fingerprint density at radius 1 is 1.29 bits per heavy atom. The Balaban J connectivity index is 1.45. The number of aromatic nitrogens is 4. The van der Waals surface area contributed by atoms with Gasteiger partial charge < -0.3 is 19.5 Å². The predicted molar refractivity (Wildman–Crippen MR) is 119 cm³/mol. The second-order valence-corrected chi connectivity index (χ2v) is 8.39. The molecule has 9 nitrogen and oxygen atoms in total. The van der Waals surface area contributed by atoms with E-state index >= 15 is 0 Å². The Morgan fingerprint density at radius 3 is 2.84 bits per heavy atom. The molecule has 1 unspecified atom stereocenters.